The Labute approximate surface area is 257 Å². The van der Waals surface area contributed by atoms with E-state index < -0.39 is 0 Å². The molecule has 44 heavy (non-hydrogen) atoms. The van der Waals surface area contributed by atoms with E-state index in [0.717, 1.165) is 25.0 Å². The Hall–Kier alpha value is -5.28. The Morgan fingerprint density at radius 2 is 1.32 bits per heavy atom. The maximum atomic E-state index is 4.72. The second-order valence-corrected chi connectivity index (χ2v) is 12.2. The number of hydrogen-bond donors (Lipinski definition) is 0. The molecule has 3 aromatic heterocycles. The van der Waals surface area contributed by atoms with E-state index in [2.05, 4.69) is 153 Å². The minimum absolute atomic E-state index is 0.341. The molecule has 5 heterocycles. The molecule has 2 aliphatic rings. The summed E-state index contributed by atoms with van der Waals surface area (Å²) in [5.74, 6) is 0.345. The van der Waals surface area contributed by atoms with E-state index in [1.54, 1.807) is 0 Å². The van der Waals surface area contributed by atoms with E-state index in [9.17, 15) is 0 Å². The van der Waals surface area contributed by atoms with Crippen LogP contribution in [0.2, 0.25) is 0 Å². The van der Waals surface area contributed by atoms with Crippen LogP contribution in [-0.4, -0.2) is 4.57 Å². The molecule has 0 aliphatic carbocycles. The van der Waals surface area contributed by atoms with Crippen LogP contribution in [-0.2, 0) is 6.42 Å². The van der Waals surface area contributed by atoms with Crippen molar-refractivity contribution in [2.75, 3.05) is 0 Å². The van der Waals surface area contributed by atoms with Gasteiger partial charge >= 0.3 is 0 Å². The van der Waals surface area contributed by atoms with Gasteiger partial charge in [0, 0.05) is 59.1 Å². The summed E-state index contributed by atoms with van der Waals surface area (Å²) < 4.78 is 7.29. The van der Waals surface area contributed by atoms with Gasteiger partial charge < -0.3 is 4.57 Å². The van der Waals surface area contributed by atoms with Gasteiger partial charge in [0.2, 0.25) is 11.4 Å². The van der Waals surface area contributed by atoms with E-state index >= 15 is 0 Å². The number of aryl methyl sites for hydroxylation is 1. The maximum absolute atomic E-state index is 4.72. The fourth-order valence-corrected chi connectivity index (χ4v) is 7.97. The van der Waals surface area contributed by atoms with Gasteiger partial charge in [-0.05, 0) is 66.6 Å². The zero-order chi connectivity index (χ0) is 29.2. The van der Waals surface area contributed by atoms with E-state index in [0.29, 0.717) is 12.0 Å². The van der Waals surface area contributed by atoms with Gasteiger partial charge in [-0.3, -0.25) is 0 Å². The summed E-state index contributed by atoms with van der Waals surface area (Å²) in [6, 6.07) is 47.1. The van der Waals surface area contributed by atoms with Gasteiger partial charge in [-0.2, -0.15) is 9.13 Å². The van der Waals surface area contributed by atoms with Crippen LogP contribution in [0, 0.1) is 0 Å². The second-order valence-electron chi connectivity index (χ2n) is 12.2. The summed E-state index contributed by atoms with van der Waals surface area (Å²) in [4.78, 5) is 0. The Balaban J connectivity index is 1.24. The van der Waals surface area contributed by atoms with E-state index in [1.807, 2.05) is 0 Å². The molecule has 7 aromatic rings. The fourth-order valence-electron chi connectivity index (χ4n) is 7.97. The summed E-state index contributed by atoms with van der Waals surface area (Å²) in [6.07, 6.45) is 7.43. The van der Waals surface area contributed by atoms with Crippen molar-refractivity contribution in [2.24, 2.45) is 0 Å². The Morgan fingerprint density at radius 1 is 0.636 bits per heavy atom. The first kappa shape index (κ1) is 25.2. The van der Waals surface area contributed by atoms with Crippen LogP contribution in [0.5, 0.6) is 0 Å². The standard InChI is InChI=1S/C41H33N3/c1-28-26-36-31-12-2-3-13-32(31)37-16-9-11-25-43(37)39(36)23-21-29-20-22-30(27-35(29)38-17-8-10-24-42(28)38)44-40-18-6-4-14-33(40)34-15-5-7-19-41(34)44/h2-20,22,24-25,27,36,39H,1,21,23,26H2/q+2. The molecular formula is C41H33N3+2. The Bertz CT molecular complexity index is 2200. The van der Waals surface area contributed by atoms with Crippen molar-refractivity contribution in [3.8, 4) is 28.2 Å². The molecule has 2 atom stereocenters. The number of rotatable bonds is 1. The van der Waals surface area contributed by atoms with Crippen molar-refractivity contribution >= 4 is 27.5 Å². The molecule has 2 aliphatic heterocycles. The normalized spacial score (nSPS) is 17.3. The molecule has 0 radical (unpaired) electrons. The molecule has 0 saturated heterocycles. The highest BCUT2D eigenvalue weighted by atomic mass is 15.0. The average molecular weight is 568 g/mol. The number of benzene rings is 4. The lowest BCUT2D eigenvalue weighted by Crippen LogP contribution is -2.48. The summed E-state index contributed by atoms with van der Waals surface area (Å²) in [7, 11) is 0. The first-order valence-corrected chi connectivity index (χ1v) is 15.7. The van der Waals surface area contributed by atoms with Crippen molar-refractivity contribution in [3.05, 3.63) is 157 Å². The van der Waals surface area contributed by atoms with Crippen LogP contribution in [0.3, 0.4) is 0 Å². The van der Waals surface area contributed by atoms with Crippen LogP contribution >= 0.6 is 0 Å². The lowest BCUT2D eigenvalue weighted by Gasteiger charge is -2.31. The number of aromatic nitrogens is 3. The van der Waals surface area contributed by atoms with Gasteiger partial charge in [-0.1, -0.05) is 60.7 Å². The summed E-state index contributed by atoms with van der Waals surface area (Å²) in [6.45, 7) is 4.72. The van der Waals surface area contributed by atoms with Gasteiger partial charge in [0.1, 0.15) is 0 Å². The lowest BCUT2D eigenvalue weighted by molar-refractivity contribution is -0.719. The van der Waals surface area contributed by atoms with Crippen molar-refractivity contribution in [2.45, 2.75) is 31.2 Å². The molecule has 3 heteroatoms. The van der Waals surface area contributed by atoms with Crippen LogP contribution in [0.4, 0.5) is 0 Å². The molecule has 4 aromatic carbocycles. The molecule has 0 amide bonds. The number of pyridine rings is 2. The predicted octanol–water partition coefficient (Wildman–Crippen LogP) is 8.84. The summed E-state index contributed by atoms with van der Waals surface area (Å²) >= 11 is 0. The molecule has 0 N–H and O–H groups in total. The minimum Gasteiger partial charge on any atom is -0.309 e. The third-order valence-corrected chi connectivity index (χ3v) is 9.92. The minimum atomic E-state index is 0.341. The van der Waals surface area contributed by atoms with Crippen LogP contribution in [0.1, 0.15) is 35.9 Å². The third-order valence-electron chi connectivity index (χ3n) is 9.92. The SMILES string of the molecule is C=C1CC2c3ccccc3-c3cccc[n+]3C2CCc2ccc(-n3c4ccccc4c4ccccc43)cc2-c2cccc[n+]21. The molecule has 0 fully saturated rings. The van der Waals surface area contributed by atoms with E-state index in [4.69, 9.17) is 6.58 Å². The fraction of sp³-hybridized carbons (Fsp3) is 0.122. The molecule has 9 rings (SSSR count). The number of nitrogens with zero attached hydrogens (tertiary/aromatic N) is 3. The number of hydrogen-bond acceptors (Lipinski definition) is 0. The smallest absolute Gasteiger partial charge is 0.218 e. The van der Waals surface area contributed by atoms with E-state index in [1.165, 1.54) is 61.1 Å². The number of para-hydroxylation sites is 2. The second kappa shape index (κ2) is 9.89. The van der Waals surface area contributed by atoms with E-state index in [-0.39, 0.29) is 0 Å². The van der Waals surface area contributed by atoms with Crippen molar-refractivity contribution < 1.29 is 9.13 Å². The van der Waals surface area contributed by atoms with Crippen LogP contribution < -0.4 is 9.13 Å². The van der Waals surface area contributed by atoms with Gasteiger partial charge in [0.25, 0.3) is 0 Å². The summed E-state index contributed by atoms with van der Waals surface area (Å²) in [5, 5.41) is 2.57. The predicted molar refractivity (Wildman–Crippen MR) is 179 cm³/mol. The number of fused-ring (bicyclic) bond motifs is 12. The molecule has 3 nitrogen and oxygen atoms in total. The maximum Gasteiger partial charge on any atom is 0.218 e. The van der Waals surface area contributed by atoms with Crippen molar-refractivity contribution in [3.63, 3.8) is 0 Å². The average Bonchev–Trinajstić information content (AvgIpc) is 3.42. The zero-order valence-corrected chi connectivity index (χ0v) is 24.6. The largest absolute Gasteiger partial charge is 0.309 e. The first-order chi connectivity index (χ1) is 21.8. The van der Waals surface area contributed by atoms with Crippen LogP contribution in [0.25, 0.3) is 55.7 Å². The topological polar surface area (TPSA) is 12.7 Å². The zero-order valence-electron chi connectivity index (χ0n) is 24.6. The Kier molecular flexibility index (Phi) is 5.67. The molecule has 210 valence electrons. The third kappa shape index (κ3) is 3.75. The Morgan fingerprint density at radius 3 is 2.14 bits per heavy atom. The van der Waals surface area contributed by atoms with Crippen molar-refractivity contribution in [1.29, 1.82) is 0 Å². The van der Waals surface area contributed by atoms with Gasteiger partial charge in [0.05, 0.1) is 22.5 Å². The highest BCUT2D eigenvalue weighted by Crippen LogP contribution is 2.44. The summed E-state index contributed by atoms with van der Waals surface area (Å²) in [5.41, 5.74) is 12.7. The first-order valence-electron chi connectivity index (χ1n) is 15.7. The molecular weight excluding hydrogens is 534 g/mol. The quantitative estimate of drug-likeness (QED) is 0.176. The monoisotopic (exact) mass is 567 g/mol. The molecule has 2 unspecified atom stereocenters. The number of allylic oxidation sites excluding steroid dienone is 1. The highest BCUT2D eigenvalue weighted by Gasteiger charge is 2.41. The molecule has 0 spiro atoms. The van der Waals surface area contributed by atoms with Gasteiger partial charge in [-0.15, -0.1) is 0 Å². The molecule has 0 saturated carbocycles. The van der Waals surface area contributed by atoms with Crippen LogP contribution in [0.15, 0.2) is 146 Å². The van der Waals surface area contributed by atoms with Gasteiger partial charge in [0.15, 0.2) is 24.1 Å². The highest BCUT2D eigenvalue weighted by molar-refractivity contribution is 6.09. The lowest BCUT2D eigenvalue weighted by atomic mass is 9.77. The van der Waals surface area contributed by atoms with Crippen molar-refractivity contribution in [1.82, 2.24) is 4.57 Å². The molecule has 0 bridgehead atoms. The van der Waals surface area contributed by atoms with Gasteiger partial charge in [-0.25, -0.2) is 0 Å².